The quantitative estimate of drug-likeness (QED) is 0.683. The van der Waals surface area contributed by atoms with Gasteiger partial charge in [-0.3, -0.25) is 4.79 Å². The summed E-state index contributed by atoms with van der Waals surface area (Å²) in [6, 6.07) is 12.8. The second kappa shape index (κ2) is 8.57. The van der Waals surface area contributed by atoms with Crippen LogP contribution in [0.15, 0.2) is 48.5 Å². The predicted molar refractivity (Wildman–Crippen MR) is 101 cm³/mol. The zero-order chi connectivity index (χ0) is 20.1. The van der Waals surface area contributed by atoms with Crippen LogP contribution in [0, 0.1) is 0 Å². The maximum absolute atomic E-state index is 12.5. The van der Waals surface area contributed by atoms with E-state index in [0.29, 0.717) is 11.3 Å². The first-order valence-electron chi connectivity index (χ1n) is 8.74. The molecule has 0 spiro atoms. The molecule has 0 saturated carbocycles. The van der Waals surface area contributed by atoms with Crippen LogP contribution in [0.1, 0.15) is 15.9 Å². The summed E-state index contributed by atoms with van der Waals surface area (Å²) < 4.78 is 43.1. The fourth-order valence-corrected chi connectivity index (χ4v) is 3.15. The average Bonchev–Trinajstić information content (AvgIpc) is 2.67. The van der Waals surface area contributed by atoms with Crippen LogP contribution in [0.3, 0.4) is 0 Å². The number of amides is 1. The number of ether oxygens (including phenoxy) is 1. The van der Waals surface area contributed by atoms with E-state index in [1.165, 1.54) is 24.3 Å². The third-order valence-electron chi connectivity index (χ3n) is 4.42. The van der Waals surface area contributed by atoms with Gasteiger partial charge in [0.05, 0.1) is 0 Å². The summed E-state index contributed by atoms with van der Waals surface area (Å²) in [5.41, 5.74) is 1.52. The summed E-state index contributed by atoms with van der Waals surface area (Å²) in [6.45, 7) is 3.47. The van der Waals surface area contributed by atoms with Crippen molar-refractivity contribution in [3.05, 3.63) is 59.7 Å². The Balaban J connectivity index is 1.53. The van der Waals surface area contributed by atoms with E-state index in [4.69, 9.17) is 4.74 Å². The standard InChI is InChI=1S/C19H21FN2O5S/c1-21-10-12-22(13-11-21)19(23)16-4-2-15(3-5-16)14-26-17-6-8-18(9-7-17)27-28(20,24)25/h2-9H,10-14H2,1H3. The van der Waals surface area contributed by atoms with Crippen LogP contribution in [0.4, 0.5) is 3.89 Å². The first kappa shape index (κ1) is 20.1. The Hall–Kier alpha value is -2.65. The molecule has 1 fully saturated rings. The van der Waals surface area contributed by atoms with Gasteiger partial charge in [-0.2, -0.15) is 8.42 Å². The number of hydrogen-bond acceptors (Lipinski definition) is 6. The summed E-state index contributed by atoms with van der Waals surface area (Å²) in [5.74, 6) is 0.363. The van der Waals surface area contributed by atoms with Gasteiger partial charge in [0, 0.05) is 31.7 Å². The fourth-order valence-electron chi connectivity index (χ4n) is 2.81. The largest absolute Gasteiger partial charge is 0.489 e. The first-order chi connectivity index (χ1) is 13.3. The average molecular weight is 408 g/mol. The van der Waals surface area contributed by atoms with Crippen molar-refractivity contribution in [3.63, 3.8) is 0 Å². The molecule has 0 bridgehead atoms. The predicted octanol–water partition coefficient (Wildman–Crippen LogP) is 2.25. The topological polar surface area (TPSA) is 76.2 Å². The van der Waals surface area contributed by atoms with E-state index in [-0.39, 0.29) is 18.3 Å². The summed E-state index contributed by atoms with van der Waals surface area (Å²) in [7, 11) is -3.00. The van der Waals surface area contributed by atoms with Crippen LogP contribution in [0.5, 0.6) is 11.5 Å². The monoisotopic (exact) mass is 408 g/mol. The number of hydrogen-bond donors (Lipinski definition) is 0. The van der Waals surface area contributed by atoms with E-state index >= 15 is 0 Å². The van der Waals surface area contributed by atoms with Crippen LogP contribution in [0.25, 0.3) is 0 Å². The smallest absolute Gasteiger partial charge is 0.488 e. The molecule has 7 nitrogen and oxygen atoms in total. The maximum Gasteiger partial charge on any atom is 0.488 e. The lowest BCUT2D eigenvalue weighted by molar-refractivity contribution is 0.0664. The van der Waals surface area contributed by atoms with E-state index < -0.39 is 10.5 Å². The number of benzene rings is 2. The van der Waals surface area contributed by atoms with E-state index in [2.05, 4.69) is 9.08 Å². The zero-order valence-corrected chi connectivity index (χ0v) is 16.2. The number of nitrogens with zero attached hydrogens (tertiary/aromatic N) is 2. The SMILES string of the molecule is CN1CCN(C(=O)c2ccc(COc3ccc(OS(=O)(=O)F)cc3)cc2)CC1. The molecule has 28 heavy (non-hydrogen) atoms. The molecule has 1 aliphatic rings. The summed E-state index contributed by atoms with van der Waals surface area (Å²) in [5, 5.41) is 0. The third-order valence-corrected chi connectivity index (χ3v) is 4.81. The highest BCUT2D eigenvalue weighted by molar-refractivity contribution is 7.81. The molecular formula is C19H21FN2O5S. The molecule has 1 heterocycles. The molecule has 1 aliphatic heterocycles. The molecule has 0 radical (unpaired) electrons. The second-order valence-electron chi connectivity index (χ2n) is 6.53. The highest BCUT2D eigenvalue weighted by Gasteiger charge is 2.20. The summed E-state index contributed by atoms with van der Waals surface area (Å²) in [4.78, 5) is 16.6. The lowest BCUT2D eigenvalue weighted by Gasteiger charge is -2.32. The molecule has 2 aromatic rings. The van der Waals surface area contributed by atoms with Gasteiger partial charge in [0.1, 0.15) is 18.1 Å². The van der Waals surface area contributed by atoms with Gasteiger partial charge in [-0.1, -0.05) is 16.0 Å². The molecular weight excluding hydrogens is 387 g/mol. The Morgan fingerprint density at radius 3 is 2.11 bits per heavy atom. The van der Waals surface area contributed by atoms with E-state index in [1.54, 1.807) is 12.1 Å². The van der Waals surface area contributed by atoms with E-state index in [9.17, 15) is 17.1 Å². The summed E-state index contributed by atoms with van der Waals surface area (Å²) >= 11 is 0. The van der Waals surface area contributed by atoms with Crippen molar-refractivity contribution in [2.45, 2.75) is 6.61 Å². The van der Waals surface area contributed by atoms with Crippen LogP contribution in [-0.4, -0.2) is 57.4 Å². The fraction of sp³-hybridized carbons (Fsp3) is 0.316. The van der Waals surface area contributed by atoms with Gasteiger partial charge in [0.2, 0.25) is 0 Å². The van der Waals surface area contributed by atoms with Gasteiger partial charge < -0.3 is 18.7 Å². The number of halogens is 1. The van der Waals surface area contributed by atoms with E-state index in [0.717, 1.165) is 31.7 Å². The van der Waals surface area contributed by atoms with Crippen LogP contribution >= 0.6 is 0 Å². The molecule has 0 atom stereocenters. The molecule has 0 aliphatic carbocycles. The molecule has 0 unspecified atom stereocenters. The van der Waals surface area contributed by atoms with Crippen molar-refractivity contribution < 1.29 is 26.0 Å². The minimum Gasteiger partial charge on any atom is -0.489 e. The van der Waals surface area contributed by atoms with Gasteiger partial charge in [0.25, 0.3) is 5.91 Å². The molecule has 3 rings (SSSR count). The van der Waals surface area contributed by atoms with Crippen molar-refractivity contribution in [1.29, 1.82) is 0 Å². The molecule has 9 heteroatoms. The maximum atomic E-state index is 12.5. The van der Waals surface area contributed by atoms with Gasteiger partial charge >= 0.3 is 10.5 Å². The Morgan fingerprint density at radius 1 is 0.964 bits per heavy atom. The van der Waals surface area contributed by atoms with Gasteiger partial charge in [-0.05, 0) is 49.0 Å². The van der Waals surface area contributed by atoms with Gasteiger partial charge in [-0.15, -0.1) is 0 Å². The Kier molecular flexibility index (Phi) is 6.15. The molecule has 150 valence electrons. The zero-order valence-electron chi connectivity index (χ0n) is 15.4. The molecule has 1 saturated heterocycles. The molecule has 2 aromatic carbocycles. The number of carbonyl (C=O) groups excluding carboxylic acids is 1. The number of rotatable bonds is 6. The van der Waals surface area contributed by atoms with Crippen molar-refractivity contribution in [1.82, 2.24) is 9.80 Å². The Bertz CT molecular complexity index is 908. The van der Waals surface area contributed by atoms with E-state index in [1.807, 2.05) is 24.1 Å². The van der Waals surface area contributed by atoms with Crippen molar-refractivity contribution in [2.24, 2.45) is 0 Å². The number of likely N-dealkylation sites (N-methyl/N-ethyl adjacent to an activating group) is 1. The molecule has 0 N–H and O–H groups in total. The number of piperazine rings is 1. The Morgan fingerprint density at radius 2 is 1.54 bits per heavy atom. The minimum absolute atomic E-state index is 0.0268. The highest BCUT2D eigenvalue weighted by atomic mass is 32.3. The van der Waals surface area contributed by atoms with Gasteiger partial charge in [-0.25, -0.2) is 0 Å². The van der Waals surface area contributed by atoms with Crippen molar-refractivity contribution in [2.75, 3.05) is 33.2 Å². The normalized spacial score (nSPS) is 15.3. The van der Waals surface area contributed by atoms with Gasteiger partial charge in [0.15, 0.2) is 0 Å². The highest BCUT2D eigenvalue weighted by Crippen LogP contribution is 2.20. The van der Waals surface area contributed by atoms with Crippen LogP contribution in [-0.2, 0) is 17.1 Å². The van der Waals surface area contributed by atoms with Crippen molar-refractivity contribution >= 4 is 16.4 Å². The Labute approximate surface area is 163 Å². The lowest BCUT2D eigenvalue weighted by atomic mass is 10.1. The lowest BCUT2D eigenvalue weighted by Crippen LogP contribution is -2.47. The van der Waals surface area contributed by atoms with Crippen LogP contribution < -0.4 is 8.92 Å². The molecule has 0 aromatic heterocycles. The first-order valence-corrected chi connectivity index (χ1v) is 10.0. The third kappa shape index (κ3) is 5.67. The molecule has 1 amide bonds. The minimum atomic E-state index is -5.04. The number of carbonyl (C=O) groups is 1. The van der Waals surface area contributed by atoms with Crippen LogP contribution in [0.2, 0.25) is 0 Å². The summed E-state index contributed by atoms with van der Waals surface area (Å²) in [6.07, 6.45) is 0. The van der Waals surface area contributed by atoms with Crippen molar-refractivity contribution in [3.8, 4) is 11.5 Å². The second-order valence-corrected chi connectivity index (χ2v) is 7.48.